The van der Waals surface area contributed by atoms with Gasteiger partial charge in [0.25, 0.3) is 0 Å². The Labute approximate surface area is 126 Å². The quantitative estimate of drug-likeness (QED) is 0.504. The Morgan fingerprint density at radius 3 is 2.05 bits per heavy atom. The van der Waals surface area contributed by atoms with E-state index in [0.717, 1.165) is 0 Å². The van der Waals surface area contributed by atoms with E-state index >= 15 is 0 Å². The van der Waals surface area contributed by atoms with E-state index in [4.69, 9.17) is 0 Å². The Kier molecular flexibility index (Phi) is 10.3. The van der Waals surface area contributed by atoms with Crippen molar-refractivity contribution in [2.75, 3.05) is 18.1 Å². The van der Waals surface area contributed by atoms with Crippen LogP contribution in [0.4, 0.5) is 0 Å². The average molecular weight is 288 g/mol. The summed E-state index contributed by atoms with van der Waals surface area (Å²) in [6.07, 6.45) is 8.16. The lowest BCUT2D eigenvalue weighted by Gasteiger charge is -2.36. The van der Waals surface area contributed by atoms with Gasteiger partial charge in [-0.05, 0) is 63.4 Å². The molecular weight excluding hydrogens is 250 g/mol. The Morgan fingerprint density at radius 1 is 0.947 bits per heavy atom. The van der Waals surface area contributed by atoms with Gasteiger partial charge in [-0.1, -0.05) is 33.6 Å². The van der Waals surface area contributed by atoms with Crippen molar-refractivity contribution >= 4 is 11.8 Å². The molecule has 0 amide bonds. The van der Waals surface area contributed by atoms with Crippen molar-refractivity contribution in [1.29, 1.82) is 0 Å². The van der Waals surface area contributed by atoms with Gasteiger partial charge < -0.3 is 5.32 Å². The van der Waals surface area contributed by atoms with Crippen molar-refractivity contribution in [1.82, 2.24) is 5.32 Å². The first kappa shape index (κ1) is 19.3. The van der Waals surface area contributed by atoms with Gasteiger partial charge in [0.15, 0.2) is 0 Å². The molecular formula is C17H37NS. The lowest BCUT2D eigenvalue weighted by molar-refractivity contribution is 0.190. The molecule has 0 heterocycles. The summed E-state index contributed by atoms with van der Waals surface area (Å²) in [6.45, 7) is 15.0. The van der Waals surface area contributed by atoms with E-state index in [2.05, 4.69) is 58.6 Å². The third kappa shape index (κ3) is 9.79. The zero-order chi connectivity index (χ0) is 14.8. The fraction of sp³-hybridized carbons (Fsp3) is 1.00. The average Bonchev–Trinajstić information content (AvgIpc) is 2.36. The SMILES string of the molecule is CCCCC(CC)(CCCSCC)CNC(C)(C)C. The van der Waals surface area contributed by atoms with Gasteiger partial charge in [-0.15, -0.1) is 0 Å². The van der Waals surface area contributed by atoms with Crippen LogP contribution in [0.3, 0.4) is 0 Å². The Bertz CT molecular complexity index is 210. The number of rotatable bonds is 11. The van der Waals surface area contributed by atoms with Crippen molar-refractivity contribution in [3.8, 4) is 0 Å². The summed E-state index contributed by atoms with van der Waals surface area (Å²) >= 11 is 2.09. The molecule has 0 bridgehead atoms. The molecule has 0 radical (unpaired) electrons. The summed E-state index contributed by atoms with van der Waals surface area (Å²) in [5.41, 5.74) is 0.766. The highest BCUT2D eigenvalue weighted by molar-refractivity contribution is 7.99. The maximum absolute atomic E-state index is 3.76. The third-order valence-electron chi connectivity index (χ3n) is 4.00. The van der Waals surface area contributed by atoms with Gasteiger partial charge in [0.2, 0.25) is 0 Å². The molecule has 0 rings (SSSR count). The fourth-order valence-corrected chi connectivity index (χ4v) is 3.12. The maximum Gasteiger partial charge on any atom is 0.00967 e. The van der Waals surface area contributed by atoms with E-state index in [1.807, 2.05) is 0 Å². The first-order valence-corrected chi connectivity index (χ1v) is 9.37. The topological polar surface area (TPSA) is 12.0 Å². The van der Waals surface area contributed by atoms with E-state index in [1.165, 1.54) is 56.6 Å². The lowest BCUT2D eigenvalue weighted by Crippen LogP contribution is -2.44. The Balaban J connectivity index is 4.40. The van der Waals surface area contributed by atoms with Crippen molar-refractivity contribution in [2.24, 2.45) is 5.41 Å². The molecule has 1 nitrogen and oxygen atoms in total. The van der Waals surface area contributed by atoms with Gasteiger partial charge in [-0.3, -0.25) is 0 Å². The molecule has 116 valence electrons. The number of hydrogen-bond donors (Lipinski definition) is 1. The smallest absolute Gasteiger partial charge is 0.00967 e. The Morgan fingerprint density at radius 2 is 1.58 bits per heavy atom. The minimum atomic E-state index is 0.241. The summed E-state index contributed by atoms with van der Waals surface area (Å²) in [7, 11) is 0. The van der Waals surface area contributed by atoms with Crippen LogP contribution >= 0.6 is 11.8 Å². The Hall–Kier alpha value is 0.310. The van der Waals surface area contributed by atoms with Crippen molar-refractivity contribution in [2.45, 2.75) is 85.6 Å². The van der Waals surface area contributed by atoms with Crippen molar-refractivity contribution in [3.63, 3.8) is 0 Å². The monoisotopic (exact) mass is 287 g/mol. The summed E-state index contributed by atoms with van der Waals surface area (Å²) in [4.78, 5) is 0. The minimum absolute atomic E-state index is 0.241. The van der Waals surface area contributed by atoms with Crippen LogP contribution < -0.4 is 5.32 Å². The molecule has 1 atom stereocenters. The van der Waals surface area contributed by atoms with Crippen LogP contribution in [0.15, 0.2) is 0 Å². The molecule has 0 saturated heterocycles. The highest BCUT2D eigenvalue weighted by Gasteiger charge is 2.28. The second-order valence-corrected chi connectivity index (χ2v) is 8.25. The molecule has 0 aliphatic carbocycles. The van der Waals surface area contributed by atoms with E-state index in [1.54, 1.807) is 0 Å². The number of nitrogens with one attached hydrogen (secondary N) is 1. The van der Waals surface area contributed by atoms with Crippen LogP contribution in [0.25, 0.3) is 0 Å². The molecule has 0 aromatic rings. The van der Waals surface area contributed by atoms with Gasteiger partial charge in [-0.2, -0.15) is 11.8 Å². The van der Waals surface area contributed by atoms with Crippen LogP contribution in [-0.4, -0.2) is 23.6 Å². The minimum Gasteiger partial charge on any atom is -0.312 e. The molecule has 19 heavy (non-hydrogen) atoms. The van der Waals surface area contributed by atoms with E-state index < -0.39 is 0 Å². The van der Waals surface area contributed by atoms with Crippen LogP contribution in [-0.2, 0) is 0 Å². The molecule has 0 fully saturated rings. The summed E-state index contributed by atoms with van der Waals surface area (Å²) in [5.74, 6) is 2.59. The molecule has 0 aliphatic heterocycles. The largest absolute Gasteiger partial charge is 0.312 e. The maximum atomic E-state index is 3.76. The first-order valence-electron chi connectivity index (χ1n) is 8.22. The van der Waals surface area contributed by atoms with Crippen LogP contribution in [0.5, 0.6) is 0 Å². The summed E-state index contributed by atoms with van der Waals surface area (Å²) in [5, 5.41) is 3.76. The number of hydrogen-bond acceptors (Lipinski definition) is 2. The molecule has 2 heteroatoms. The lowest BCUT2D eigenvalue weighted by atomic mass is 9.76. The number of thioether (sulfide) groups is 1. The van der Waals surface area contributed by atoms with Crippen molar-refractivity contribution < 1.29 is 0 Å². The van der Waals surface area contributed by atoms with Crippen LogP contribution in [0, 0.1) is 5.41 Å². The highest BCUT2D eigenvalue weighted by atomic mass is 32.2. The highest BCUT2D eigenvalue weighted by Crippen LogP contribution is 2.34. The zero-order valence-corrected chi connectivity index (χ0v) is 15.1. The van der Waals surface area contributed by atoms with Crippen LogP contribution in [0.2, 0.25) is 0 Å². The van der Waals surface area contributed by atoms with Gasteiger partial charge in [0.05, 0.1) is 0 Å². The molecule has 0 spiro atoms. The van der Waals surface area contributed by atoms with E-state index in [0.29, 0.717) is 5.41 Å². The molecule has 1 unspecified atom stereocenters. The van der Waals surface area contributed by atoms with Crippen molar-refractivity contribution in [3.05, 3.63) is 0 Å². The second-order valence-electron chi connectivity index (χ2n) is 6.86. The molecule has 1 N–H and O–H groups in total. The van der Waals surface area contributed by atoms with Gasteiger partial charge >= 0.3 is 0 Å². The standard InChI is InChI=1S/C17H37NS/c1-7-10-12-17(8-2,13-11-14-19-9-3)15-18-16(4,5)6/h18H,7-15H2,1-6H3. The predicted molar refractivity (Wildman–Crippen MR) is 92.2 cm³/mol. The predicted octanol–water partition coefficient (Wildman–Crippen LogP) is 5.49. The van der Waals surface area contributed by atoms with E-state index in [9.17, 15) is 0 Å². The van der Waals surface area contributed by atoms with Gasteiger partial charge in [0.1, 0.15) is 0 Å². The van der Waals surface area contributed by atoms with Crippen LogP contribution in [0.1, 0.15) is 80.1 Å². The van der Waals surface area contributed by atoms with Gasteiger partial charge in [0, 0.05) is 12.1 Å². The normalized spacial score (nSPS) is 15.5. The molecule has 0 saturated carbocycles. The number of unbranched alkanes of at least 4 members (excludes halogenated alkanes) is 1. The van der Waals surface area contributed by atoms with Gasteiger partial charge in [-0.25, -0.2) is 0 Å². The summed E-state index contributed by atoms with van der Waals surface area (Å²) in [6, 6.07) is 0. The third-order valence-corrected chi connectivity index (χ3v) is 4.99. The zero-order valence-electron chi connectivity index (χ0n) is 14.3. The second kappa shape index (κ2) is 10.1. The van der Waals surface area contributed by atoms with E-state index in [-0.39, 0.29) is 5.54 Å². The fourth-order valence-electron chi connectivity index (χ4n) is 2.48. The molecule has 0 aromatic carbocycles. The summed E-state index contributed by atoms with van der Waals surface area (Å²) < 4.78 is 0. The first-order chi connectivity index (χ1) is 8.89. The molecule has 0 aliphatic rings. The molecule has 0 aromatic heterocycles.